The second-order valence-electron chi connectivity index (χ2n) is 6.64. The number of hydrogen-bond acceptors (Lipinski definition) is 3. The van der Waals surface area contributed by atoms with Gasteiger partial charge in [-0.05, 0) is 37.0 Å². The first-order valence-electron chi connectivity index (χ1n) is 8.36. The van der Waals surface area contributed by atoms with Gasteiger partial charge in [-0.15, -0.1) is 12.4 Å². The Labute approximate surface area is 159 Å². The number of piperidine rings is 1. The molecule has 7 heteroatoms. The molecule has 0 saturated carbocycles. The molecule has 1 aliphatic rings. The Morgan fingerprint density at radius 1 is 1.40 bits per heavy atom. The highest BCUT2D eigenvalue weighted by molar-refractivity contribution is 6.30. The lowest BCUT2D eigenvalue weighted by Gasteiger charge is -2.31. The van der Waals surface area contributed by atoms with E-state index in [-0.39, 0.29) is 30.3 Å². The lowest BCUT2D eigenvalue weighted by Crippen LogP contribution is -2.45. The fourth-order valence-corrected chi connectivity index (χ4v) is 3.44. The topological polar surface area (TPSA) is 64.2 Å². The molecule has 136 valence electrons. The first-order chi connectivity index (χ1) is 11.5. The predicted octanol–water partition coefficient (Wildman–Crippen LogP) is 3.63. The van der Waals surface area contributed by atoms with Crippen molar-refractivity contribution in [2.24, 2.45) is 5.73 Å². The molecule has 1 saturated heterocycles. The summed E-state index contributed by atoms with van der Waals surface area (Å²) in [6, 6.07) is 7.56. The highest BCUT2D eigenvalue weighted by Gasteiger charge is 2.27. The molecule has 5 nitrogen and oxygen atoms in total. The van der Waals surface area contributed by atoms with E-state index in [0.29, 0.717) is 17.1 Å². The Morgan fingerprint density at radius 3 is 2.80 bits per heavy atom. The summed E-state index contributed by atoms with van der Waals surface area (Å²) < 4.78 is 1.81. The molecule has 2 aromatic rings. The van der Waals surface area contributed by atoms with Crippen molar-refractivity contribution in [1.82, 2.24) is 14.7 Å². The number of nitrogens with zero attached hydrogens (tertiary/aromatic N) is 3. The molecule has 25 heavy (non-hydrogen) atoms. The molecular weight excluding hydrogens is 359 g/mol. The normalized spacial score (nSPS) is 17.5. The average Bonchev–Trinajstić information content (AvgIpc) is 2.99. The Balaban J connectivity index is 0.00000225. The molecular formula is C18H24Cl2N4O. The van der Waals surface area contributed by atoms with E-state index < -0.39 is 0 Å². The number of benzene rings is 1. The number of carbonyl (C=O) groups excluding carboxylic acids is 1. The van der Waals surface area contributed by atoms with Crippen molar-refractivity contribution >= 4 is 29.9 Å². The predicted molar refractivity (Wildman–Crippen MR) is 103 cm³/mol. The van der Waals surface area contributed by atoms with Crippen LogP contribution in [0.15, 0.2) is 30.5 Å². The van der Waals surface area contributed by atoms with E-state index in [1.165, 1.54) is 0 Å². The molecule has 1 unspecified atom stereocenters. The third-order valence-corrected chi connectivity index (χ3v) is 4.62. The van der Waals surface area contributed by atoms with Gasteiger partial charge in [0.15, 0.2) is 0 Å². The van der Waals surface area contributed by atoms with Crippen LogP contribution in [0.2, 0.25) is 5.02 Å². The smallest absolute Gasteiger partial charge is 0.257 e. The van der Waals surface area contributed by atoms with Gasteiger partial charge in [-0.3, -0.25) is 4.79 Å². The number of likely N-dealkylation sites (tertiary alicyclic amines) is 1. The molecule has 0 bridgehead atoms. The summed E-state index contributed by atoms with van der Waals surface area (Å²) in [5.74, 6) is 0.172. The maximum atomic E-state index is 13.0. The van der Waals surface area contributed by atoms with Gasteiger partial charge < -0.3 is 10.6 Å². The standard InChI is InChI=1S/C18H23ClN4O.ClH/c1-12(2)17-16(18(24)22-8-4-6-14(20)11-22)10-21-23(17)15-7-3-5-13(19)9-15;/h3,5,7,9-10,12,14H,4,6,8,11,20H2,1-2H3;1H. The molecule has 1 amide bonds. The van der Waals surface area contributed by atoms with Gasteiger partial charge in [-0.1, -0.05) is 31.5 Å². The average molecular weight is 383 g/mol. The largest absolute Gasteiger partial charge is 0.337 e. The van der Waals surface area contributed by atoms with Crippen LogP contribution in [0.5, 0.6) is 0 Å². The van der Waals surface area contributed by atoms with E-state index in [1.54, 1.807) is 6.20 Å². The van der Waals surface area contributed by atoms with Crippen LogP contribution in [0.1, 0.15) is 48.7 Å². The minimum atomic E-state index is 0. The molecule has 1 aromatic heterocycles. The molecule has 1 aromatic carbocycles. The number of rotatable bonds is 3. The number of amides is 1. The molecule has 3 rings (SSSR count). The van der Waals surface area contributed by atoms with Gasteiger partial charge in [-0.2, -0.15) is 5.10 Å². The first-order valence-corrected chi connectivity index (χ1v) is 8.74. The van der Waals surface area contributed by atoms with E-state index >= 15 is 0 Å². The zero-order valence-electron chi connectivity index (χ0n) is 14.5. The lowest BCUT2D eigenvalue weighted by molar-refractivity contribution is 0.0707. The van der Waals surface area contributed by atoms with Crippen molar-refractivity contribution in [3.63, 3.8) is 0 Å². The lowest BCUT2D eigenvalue weighted by atomic mass is 10.0. The number of carbonyl (C=O) groups is 1. The van der Waals surface area contributed by atoms with E-state index in [1.807, 2.05) is 33.8 Å². The maximum absolute atomic E-state index is 13.0. The molecule has 0 spiro atoms. The number of nitrogens with two attached hydrogens (primary N) is 1. The van der Waals surface area contributed by atoms with Crippen LogP contribution in [-0.2, 0) is 0 Å². The summed E-state index contributed by atoms with van der Waals surface area (Å²) in [5.41, 5.74) is 8.44. The Bertz CT molecular complexity index is 744. The number of aromatic nitrogens is 2. The Kier molecular flexibility index (Phi) is 6.49. The van der Waals surface area contributed by atoms with Gasteiger partial charge in [0.2, 0.25) is 0 Å². The van der Waals surface area contributed by atoms with Crippen LogP contribution >= 0.6 is 24.0 Å². The molecule has 0 aliphatic carbocycles. The summed E-state index contributed by atoms with van der Waals surface area (Å²) >= 11 is 6.10. The van der Waals surface area contributed by atoms with E-state index in [0.717, 1.165) is 30.8 Å². The highest BCUT2D eigenvalue weighted by atomic mass is 35.5. The summed E-state index contributed by atoms with van der Waals surface area (Å²) in [5, 5.41) is 5.11. The van der Waals surface area contributed by atoms with Gasteiger partial charge in [0.1, 0.15) is 0 Å². The monoisotopic (exact) mass is 382 g/mol. The summed E-state index contributed by atoms with van der Waals surface area (Å²) in [4.78, 5) is 14.8. The van der Waals surface area contributed by atoms with E-state index in [2.05, 4.69) is 18.9 Å². The molecule has 0 radical (unpaired) electrons. The second-order valence-corrected chi connectivity index (χ2v) is 7.08. The fourth-order valence-electron chi connectivity index (χ4n) is 3.26. The van der Waals surface area contributed by atoms with Crippen molar-refractivity contribution in [2.75, 3.05) is 13.1 Å². The van der Waals surface area contributed by atoms with Crippen LogP contribution in [-0.4, -0.2) is 39.7 Å². The van der Waals surface area contributed by atoms with Crippen molar-refractivity contribution in [3.8, 4) is 5.69 Å². The number of hydrogen-bond donors (Lipinski definition) is 1. The van der Waals surface area contributed by atoms with E-state index in [4.69, 9.17) is 17.3 Å². The first kappa shape index (κ1) is 19.8. The third-order valence-electron chi connectivity index (χ3n) is 4.38. The van der Waals surface area contributed by atoms with Crippen molar-refractivity contribution in [3.05, 3.63) is 46.7 Å². The third kappa shape index (κ3) is 4.17. The van der Waals surface area contributed by atoms with Crippen LogP contribution in [0.25, 0.3) is 5.69 Å². The summed E-state index contributed by atoms with van der Waals surface area (Å²) in [6.45, 7) is 5.50. The van der Waals surface area contributed by atoms with Crippen LogP contribution < -0.4 is 5.73 Å². The van der Waals surface area contributed by atoms with Crippen molar-refractivity contribution in [2.45, 2.75) is 38.6 Å². The van der Waals surface area contributed by atoms with Gasteiger partial charge in [-0.25, -0.2) is 4.68 Å². The van der Waals surface area contributed by atoms with E-state index in [9.17, 15) is 4.79 Å². The van der Waals surface area contributed by atoms with Gasteiger partial charge in [0.05, 0.1) is 23.1 Å². The van der Waals surface area contributed by atoms with Crippen LogP contribution in [0, 0.1) is 0 Å². The van der Waals surface area contributed by atoms with Crippen LogP contribution in [0.4, 0.5) is 0 Å². The Hall–Kier alpha value is -1.56. The highest BCUT2D eigenvalue weighted by Crippen LogP contribution is 2.26. The zero-order valence-corrected chi connectivity index (χ0v) is 16.1. The summed E-state index contributed by atoms with van der Waals surface area (Å²) in [6.07, 6.45) is 3.59. The van der Waals surface area contributed by atoms with Gasteiger partial charge >= 0.3 is 0 Å². The maximum Gasteiger partial charge on any atom is 0.257 e. The van der Waals surface area contributed by atoms with Crippen molar-refractivity contribution in [1.29, 1.82) is 0 Å². The summed E-state index contributed by atoms with van der Waals surface area (Å²) in [7, 11) is 0. The minimum absolute atomic E-state index is 0. The molecule has 1 atom stereocenters. The molecule has 1 fully saturated rings. The SMILES string of the molecule is CC(C)c1c(C(=O)N2CCCC(N)C2)cnn1-c1cccc(Cl)c1.Cl. The van der Waals surface area contributed by atoms with Gasteiger partial charge in [0, 0.05) is 24.2 Å². The second kappa shape index (κ2) is 8.21. The van der Waals surface area contributed by atoms with Crippen molar-refractivity contribution < 1.29 is 4.79 Å². The quantitative estimate of drug-likeness (QED) is 0.880. The zero-order chi connectivity index (χ0) is 17.3. The minimum Gasteiger partial charge on any atom is -0.337 e. The van der Waals surface area contributed by atoms with Crippen LogP contribution in [0.3, 0.4) is 0 Å². The number of halogens is 2. The molecule has 2 N–H and O–H groups in total. The molecule has 1 aliphatic heterocycles. The fraction of sp³-hybridized carbons (Fsp3) is 0.444. The molecule has 2 heterocycles. The van der Waals surface area contributed by atoms with Gasteiger partial charge in [0.25, 0.3) is 5.91 Å². The Morgan fingerprint density at radius 2 is 2.16 bits per heavy atom.